The summed E-state index contributed by atoms with van der Waals surface area (Å²) >= 11 is 0. The quantitative estimate of drug-likeness (QED) is 0.823. The molecule has 0 bridgehead atoms. The Kier molecular flexibility index (Phi) is 4.77. The van der Waals surface area contributed by atoms with Gasteiger partial charge in [0.2, 0.25) is 0 Å². The highest BCUT2D eigenvalue weighted by Gasteiger charge is 2.34. The van der Waals surface area contributed by atoms with E-state index in [1.807, 2.05) is 0 Å². The summed E-state index contributed by atoms with van der Waals surface area (Å²) in [5, 5.41) is 8.81. The first-order chi connectivity index (χ1) is 8.82. The van der Waals surface area contributed by atoms with Crippen molar-refractivity contribution in [3.05, 3.63) is 29.3 Å². The Hall–Kier alpha value is -1.76. The molecule has 0 spiro atoms. The number of anilines is 1. The number of hydrogen-bond acceptors (Lipinski definition) is 3. The predicted molar refractivity (Wildman–Crippen MR) is 64.5 cm³/mol. The minimum absolute atomic E-state index is 0.0466. The van der Waals surface area contributed by atoms with E-state index in [-0.39, 0.29) is 25.3 Å². The Bertz CT molecular complexity index is 461. The van der Waals surface area contributed by atoms with Crippen LogP contribution in [0.25, 0.3) is 0 Å². The number of amides is 1. The normalized spacial score (nSPS) is 11.4. The molecule has 7 heteroatoms. The summed E-state index contributed by atoms with van der Waals surface area (Å²) in [7, 11) is 0. The third-order valence-electron chi connectivity index (χ3n) is 2.68. The van der Waals surface area contributed by atoms with E-state index >= 15 is 0 Å². The summed E-state index contributed by atoms with van der Waals surface area (Å²) in [6, 6.07) is 3.21. The van der Waals surface area contributed by atoms with E-state index in [1.54, 1.807) is 6.92 Å². The average Bonchev–Trinajstić information content (AvgIpc) is 2.34. The molecule has 106 valence electrons. The van der Waals surface area contributed by atoms with Gasteiger partial charge in [-0.2, -0.15) is 13.2 Å². The van der Waals surface area contributed by atoms with Gasteiger partial charge in [-0.25, -0.2) is 0 Å². The van der Waals surface area contributed by atoms with Crippen molar-refractivity contribution in [3.8, 4) is 0 Å². The molecule has 0 aromatic heterocycles. The second-order valence-electron chi connectivity index (χ2n) is 3.87. The molecule has 19 heavy (non-hydrogen) atoms. The number of halogens is 3. The first-order valence-corrected chi connectivity index (χ1v) is 5.68. The molecule has 0 atom stereocenters. The number of hydrogen-bond donors (Lipinski definition) is 2. The third kappa shape index (κ3) is 3.37. The Morgan fingerprint density at radius 3 is 2.53 bits per heavy atom. The molecule has 1 aromatic rings. The smallest absolute Gasteiger partial charge is 0.398 e. The van der Waals surface area contributed by atoms with Crippen LogP contribution in [0.2, 0.25) is 0 Å². The number of rotatable bonds is 4. The molecule has 1 amide bonds. The minimum atomic E-state index is -4.60. The number of nitrogens with two attached hydrogens (primary N) is 1. The topological polar surface area (TPSA) is 66.6 Å². The van der Waals surface area contributed by atoms with E-state index < -0.39 is 23.3 Å². The number of nitrogens with zero attached hydrogens (tertiary/aromatic N) is 1. The van der Waals surface area contributed by atoms with Crippen LogP contribution in [0.4, 0.5) is 18.9 Å². The summed E-state index contributed by atoms with van der Waals surface area (Å²) < 4.78 is 38.0. The molecule has 0 saturated heterocycles. The SMILES string of the molecule is CCN(CCO)C(=O)c1cccc(C(F)(F)F)c1N. The standard InChI is InChI=1S/C12H15F3N2O2/c1-2-17(6-7-18)11(19)8-4-3-5-9(10(8)16)12(13,14)15/h3-5,18H,2,6-7,16H2,1H3. The van der Waals surface area contributed by atoms with Crippen LogP contribution in [0.3, 0.4) is 0 Å². The summed E-state index contributed by atoms with van der Waals surface area (Å²) in [5.41, 5.74) is 3.61. The number of carbonyl (C=O) groups is 1. The number of aliphatic hydroxyl groups is 1. The van der Waals surface area contributed by atoms with Crippen LogP contribution in [-0.2, 0) is 6.18 Å². The van der Waals surface area contributed by atoms with Gasteiger partial charge in [-0.15, -0.1) is 0 Å². The lowest BCUT2D eigenvalue weighted by Gasteiger charge is -2.21. The lowest BCUT2D eigenvalue weighted by Crippen LogP contribution is -2.34. The number of aliphatic hydroxyl groups excluding tert-OH is 1. The van der Waals surface area contributed by atoms with Crippen molar-refractivity contribution in [1.29, 1.82) is 0 Å². The molecule has 0 radical (unpaired) electrons. The van der Waals surface area contributed by atoms with Gasteiger partial charge in [-0.1, -0.05) is 6.07 Å². The zero-order chi connectivity index (χ0) is 14.6. The second kappa shape index (κ2) is 5.92. The molecule has 0 aliphatic carbocycles. The first-order valence-electron chi connectivity index (χ1n) is 5.68. The molecular formula is C12H15F3N2O2. The second-order valence-corrected chi connectivity index (χ2v) is 3.87. The van der Waals surface area contributed by atoms with E-state index in [1.165, 1.54) is 11.0 Å². The molecule has 0 aliphatic rings. The molecular weight excluding hydrogens is 261 g/mol. The van der Waals surface area contributed by atoms with Crippen molar-refractivity contribution in [2.45, 2.75) is 13.1 Å². The highest BCUT2D eigenvalue weighted by Crippen LogP contribution is 2.35. The van der Waals surface area contributed by atoms with E-state index in [0.29, 0.717) is 0 Å². The van der Waals surface area contributed by atoms with Crippen LogP contribution in [0.15, 0.2) is 18.2 Å². The Balaban J connectivity index is 3.18. The molecule has 0 heterocycles. The van der Waals surface area contributed by atoms with Crippen molar-refractivity contribution < 1.29 is 23.1 Å². The molecule has 0 unspecified atom stereocenters. The summed E-state index contributed by atoms with van der Waals surface area (Å²) in [5.74, 6) is -0.625. The van der Waals surface area contributed by atoms with E-state index in [0.717, 1.165) is 12.1 Å². The number of likely N-dealkylation sites (N-methyl/N-ethyl adjacent to an activating group) is 1. The summed E-state index contributed by atoms with van der Waals surface area (Å²) in [4.78, 5) is 13.3. The van der Waals surface area contributed by atoms with Gasteiger partial charge in [0.05, 0.1) is 23.4 Å². The number of alkyl halides is 3. The maximum Gasteiger partial charge on any atom is 0.418 e. The van der Waals surface area contributed by atoms with Crippen LogP contribution < -0.4 is 5.73 Å². The summed E-state index contributed by atoms with van der Waals surface area (Å²) in [6.07, 6.45) is -4.60. The van der Waals surface area contributed by atoms with Gasteiger partial charge in [-0.3, -0.25) is 4.79 Å². The van der Waals surface area contributed by atoms with E-state index in [2.05, 4.69) is 0 Å². The summed E-state index contributed by atoms with van der Waals surface area (Å²) in [6.45, 7) is 1.72. The Morgan fingerprint density at radius 1 is 1.42 bits per heavy atom. The Morgan fingerprint density at radius 2 is 2.05 bits per heavy atom. The molecule has 0 fully saturated rings. The molecule has 3 N–H and O–H groups in total. The van der Waals surface area contributed by atoms with Crippen LogP contribution in [0.1, 0.15) is 22.8 Å². The number of nitrogen functional groups attached to an aromatic ring is 1. The van der Waals surface area contributed by atoms with Gasteiger partial charge in [-0.05, 0) is 19.1 Å². The highest BCUT2D eigenvalue weighted by molar-refractivity contribution is 5.99. The van der Waals surface area contributed by atoms with Crippen molar-refractivity contribution in [2.24, 2.45) is 0 Å². The number of carbonyl (C=O) groups excluding carboxylic acids is 1. The predicted octanol–water partition coefficient (Wildman–Crippen LogP) is 1.74. The maximum atomic E-state index is 12.7. The van der Waals surface area contributed by atoms with Crippen LogP contribution in [-0.4, -0.2) is 35.6 Å². The van der Waals surface area contributed by atoms with Crippen molar-refractivity contribution >= 4 is 11.6 Å². The van der Waals surface area contributed by atoms with Crippen molar-refractivity contribution in [1.82, 2.24) is 4.90 Å². The first kappa shape index (κ1) is 15.3. The zero-order valence-electron chi connectivity index (χ0n) is 10.4. The van der Waals surface area contributed by atoms with Crippen LogP contribution in [0, 0.1) is 0 Å². The molecule has 4 nitrogen and oxygen atoms in total. The lowest BCUT2D eigenvalue weighted by atomic mass is 10.1. The van der Waals surface area contributed by atoms with E-state index in [9.17, 15) is 18.0 Å². The van der Waals surface area contributed by atoms with Crippen molar-refractivity contribution in [2.75, 3.05) is 25.4 Å². The molecule has 0 saturated carbocycles. The van der Waals surface area contributed by atoms with Crippen LogP contribution >= 0.6 is 0 Å². The lowest BCUT2D eigenvalue weighted by molar-refractivity contribution is -0.136. The fourth-order valence-electron chi connectivity index (χ4n) is 1.69. The van der Waals surface area contributed by atoms with Gasteiger partial charge < -0.3 is 15.7 Å². The van der Waals surface area contributed by atoms with E-state index in [4.69, 9.17) is 10.8 Å². The fraction of sp³-hybridized carbons (Fsp3) is 0.417. The third-order valence-corrected chi connectivity index (χ3v) is 2.68. The average molecular weight is 276 g/mol. The van der Waals surface area contributed by atoms with Gasteiger partial charge in [0.1, 0.15) is 0 Å². The van der Waals surface area contributed by atoms with Gasteiger partial charge >= 0.3 is 6.18 Å². The van der Waals surface area contributed by atoms with Gasteiger partial charge in [0.15, 0.2) is 0 Å². The molecule has 1 rings (SSSR count). The Labute approximate surface area is 108 Å². The maximum absolute atomic E-state index is 12.7. The number of benzene rings is 1. The van der Waals surface area contributed by atoms with Crippen LogP contribution in [0.5, 0.6) is 0 Å². The zero-order valence-corrected chi connectivity index (χ0v) is 10.4. The van der Waals surface area contributed by atoms with Gasteiger partial charge in [0.25, 0.3) is 5.91 Å². The number of para-hydroxylation sites is 1. The minimum Gasteiger partial charge on any atom is -0.398 e. The highest BCUT2D eigenvalue weighted by atomic mass is 19.4. The van der Waals surface area contributed by atoms with Gasteiger partial charge in [0, 0.05) is 13.1 Å². The monoisotopic (exact) mass is 276 g/mol. The molecule has 0 aliphatic heterocycles. The molecule has 1 aromatic carbocycles. The van der Waals surface area contributed by atoms with Crippen molar-refractivity contribution in [3.63, 3.8) is 0 Å². The fourth-order valence-corrected chi connectivity index (χ4v) is 1.69. The largest absolute Gasteiger partial charge is 0.418 e.